The van der Waals surface area contributed by atoms with Crippen LogP contribution in [0, 0.1) is 10.8 Å². The normalized spacial score (nSPS) is 27.1. The number of piperidine rings is 2. The van der Waals surface area contributed by atoms with E-state index >= 15 is 0 Å². The molecule has 8 rings (SSSR count). The highest BCUT2D eigenvalue weighted by Gasteiger charge is 2.66. The molecule has 4 saturated heterocycles. The molecule has 53 heavy (non-hydrogen) atoms. The van der Waals surface area contributed by atoms with Crippen LogP contribution in [0.2, 0.25) is 0 Å². The van der Waals surface area contributed by atoms with Crippen LogP contribution in [0.3, 0.4) is 0 Å². The van der Waals surface area contributed by atoms with Gasteiger partial charge in [-0.05, 0) is 55.8 Å². The lowest BCUT2D eigenvalue weighted by Gasteiger charge is -2.34. The second-order valence-electron chi connectivity index (χ2n) is 13.4. The fraction of sp³-hybridized carbons (Fsp3) is 0.769. The molecular weight excluding hydrogens is 791 g/mol. The van der Waals surface area contributed by atoms with Gasteiger partial charge in [-0.1, -0.05) is 14.4 Å². The molecule has 27 heteroatoms. The number of aromatic nitrogens is 4. The van der Waals surface area contributed by atoms with E-state index in [4.69, 9.17) is 23.7 Å². The van der Waals surface area contributed by atoms with Crippen molar-refractivity contribution in [2.45, 2.75) is 95.7 Å². The smallest absolute Gasteiger partial charge is 0.418 e. The third kappa shape index (κ3) is 7.96. The minimum absolute atomic E-state index is 0. The zero-order valence-electron chi connectivity index (χ0n) is 27.4. The fourth-order valence-electron chi connectivity index (χ4n) is 7.38. The van der Waals surface area contributed by atoms with Crippen molar-refractivity contribution in [1.82, 2.24) is 40.3 Å². The van der Waals surface area contributed by atoms with Crippen molar-refractivity contribution in [2.75, 3.05) is 19.6 Å². The molecule has 0 aromatic carbocycles. The minimum atomic E-state index is -4.81. The molecule has 6 aliphatic rings. The quantitative estimate of drug-likeness (QED) is 0.204. The van der Waals surface area contributed by atoms with E-state index in [-0.39, 0.29) is 88.4 Å². The first-order valence-corrected chi connectivity index (χ1v) is 18.5. The Morgan fingerprint density at radius 1 is 0.774 bits per heavy atom. The maximum absolute atomic E-state index is 12.6. The van der Waals surface area contributed by atoms with Crippen molar-refractivity contribution in [3.05, 3.63) is 23.6 Å². The number of fused-ring (bicyclic) bond motifs is 6. The summed E-state index contributed by atoms with van der Waals surface area (Å²) in [6.45, 7) is 2.15. The van der Waals surface area contributed by atoms with E-state index in [0.29, 0.717) is 24.3 Å². The molecule has 2 aliphatic carbocycles. The summed E-state index contributed by atoms with van der Waals surface area (Å²) in [5.41, 5.74) is 4.74. The minimum Gasteiger partial charge on any atom is -0.420 e. The third-order valence-corrected chi connectivity index (χ3v) is 11.0. The van der Waals surface area contributed by atoms with Crippen molar-refractivity contribution >= 4 is 59.9 Å². The Morgan fingerprint density at radius 2 is 1.15 bits per heavy atom. The van der Waals surface area contributed by atoms with Crippen LogP contribution >= 0.6 is 27.0 Å². The van der Waals surface area contributed by atoms with Gasteiger partial charge >= 0.3 is 32.9 Å². The maximum atomic E-state index is 12.6. The molecule has 6 N–H and O–H groups in total. The molecule has 4 bridgehead atoms. The Labute approximate surface area is 317 Å². The Balaban J connectivity index is 0.000000224. The van der Waals surface area contributed by atoms with Gasteiger partial charge in [0.25, 0.3) is 0 Å². The van der Waals surface area contributed by atoms with Gasteiger partial charge in [0.05, 0.1) is 12.1 Å². The predicted octanol–water partition coefficient (Wildman–Crippen LogP) is 0.568. The highest BCUT2D eigenvalue weighted by molar-refractivity contribution is 7.81. The summed E-state index contributed by atoms with van der Waals surface area (Å²) in [5, 5.41) is 36.4. The van der Waals surface area contributed by atoms with Crippen LogP contribution in [-0.2, 0) is 29.4 Å². The number of hydroxylamine groups is 4. The van der Waals surface area contributed by atoms with E-state index < -0.39 is 69.2 Å². The number of hydrogen-bond acceptors (Lipinski definition) is 17. The third-order valence-electron chi connectivity index (χ3n) is 10.3. The van der Waals surface area contributed by atoms with Crippen molar-refractivity contribution in [3.8, 4) is 0 Å². The van der Waals surface area contributed by atoms with E-state index in [1.807, 2.05) is 0 Å². The van der Waals surface area contributed by atoms with Crippen molar-refractivity contribution in [1.29, 1.82) is 0 Å². The van der Waals surface area contributed by atoms with Crippen LogP contribution in [-0.4, -0.2) is 120 Å². The maximum Gasteiger partial charge on any atom is 0.418 e. The first-order valence-electron chi connectivity index (χ1n) is 15.7. The molecule has 6 fully saturated rings. The second-order valence-corrected chi connectivity index (χ2v) is 15.4. The van der Waals surface area contributed by atoms with Crippen LogP contribution in [0.15, 0.2) is 8.83 Å². The summed E-state index contributed by atoms with van der Waals surface area (Å²) >= 11 is 0. The van der Waals surface area contributed by atoms with E-state index in [0.717, 1.165) is 30.7 Å². The van der Waals surface area contributed by atoms with Gasteiger partial charge < -0.3 is 34.6 Å². The van der Waals surface area contributed by atoms with Crippen molar-refractivity contribution in [3.63, 3.8) is 0 Å². The van der Waals surface area contributed by atoms with Crippen molar-refractivity contribution in [2.24, 2.45) is 16.6 Å². The van der Waals surface area contributed by atoms with Gasteiger partial charge in [-0.2, -0.15) is 54.0 Å². The number of amides is 4. The SMILES string of the molecule is C.CC[C@H](O)c1nnc([C@@H]2CC3(CC3)[C@@H]3CN2C(=O)N3OS(=O)(=O)O)o1.NC[C@H](O)c1nnc([C@@H]2CC3(CC3)[C@@H]3CN2C(=O)N3OS(=O)(=O)O)o1.S.S. The standard InChI is InChI=1S/C13H18N4O7S.C12H17N5O7S.CH4.2H2S/c1-2-8(18)11-15-14-10(23-11)7-5-13(3-4-13)9-6-16(7)12(19)17(9)24-25(20,21)22;13-4-7(18)10-15-14-9(23-10)6-3-12(1-2-12)8-5-16(6)11(19)17(8)24-25(20,21)22;;;/h7-9,18H,2-6H2,1H3,(H,20,21,22);6-8,18H,1-5,13H2,(H,20,21,22);1H4;2*1H2/t7-,8-,9-;6-,7-,8-;;;/m00.../s1. The molecule has 2 aromatic rings. The zero-order valence-corrected chi connectivity index (χ0v) is 31.0. The van der Waals surface area contributed by atoms with Gasteiger partial charge in [-0.3, -0.25) is 9.11 Å². The van der Waals surface area contributed by atoms with Crippen LogP contribution in [0.4, 0.5) is 9.59 Å². The highest BCUT2D eigenvalue weighted by atomic mass is 32.3. The molecule has 0 unspecified atom stereocenters. The lowest BCUT2D eigenvalue weighted by Crippen LogP contribution is -2.43. The summed E-state index contributed by atoms with van der Waals surface area (Å²) in [6.07, 6.45) is 2.64. The number of aliphatic hydroxyl groups excluding tert-OH is 2. The number of nitrogens with zero attached hydrogens (tertiary/aromatic N) is 8. The molecule has 4 amide bonds. The van der Waals surface area contributed by atoms with E-state index in [1.54, 1.807) is 6.92 Å². The Morgan fingerprint density at radius 3 is 1.47 bits per heavy atom. The Hall–Kier alpha value is -2.86. The summed E-state index contributed by atoms with van der Waals surface area (Å²) < 4.78 is 82.1. The van der Waals surface area contributed by atoms with Crippen LogP contribution in [0.5, 0.6) is 0 Å². The second kappa shape index (κ2) is 15.0. The lowest BCUT2D eigenvalue weighted by atomic mass is 9.85. The van der Waals surface area contributed by atoms with E-state index in [1.165, 1.54) is 9.80 Å². The fourth-order valence-corrected chi connectivity index (χ4v) is 8.12. The molecule has 23 nitrogen and oxygen atoms in total. The summed E-state index contributed by atoms with van der Waals surface area (Å²) in [6, 6.07) is -3.39. The van der Waals surface area contributed by atoms with Gasteiger partial charge in [0.15, 0.2) is 0 Å². The van der Waals surface area contributed by atoms with Gasteiger partial charge in [-0.15, -0.1) is 29.0 Å². The Kier molecular flexibility index (Phi) is 12.1. The first kappa shape index (κ1) is 42.9. The monoisotopic (exact) mass is 833 g/mol. The molecular formula is C26H43N9O14S4. The van der Waals surface area contributed by atoms with Gasteiger partial charge in [0.1, 0.15) is 24.3 Å². The first-order chi connectivity index (χ1) is 23.5. The molecule has 2 spiro atoms. The number of carbonyl (C=O) groups is 2. The van der Waals surface area contributed by atoms with E-state index in [9.17, 15) is 36.6 Å². The summed E-state index contributed by atoms with van der Waals surface area (Å²) in [7, 11) is -9.61. The largest absolute Gasteiger partial charge is 0.420 e. The van der Waals surface area contributed by atoms with Gasteiger partial charge in [0, 0.05) is 19.6 Å². The van der Waals surface area contributed by atoms with Gasteiger partial charge in [-0.25, -0.2) is 9.59 Å². The van der Waals surface area contributed by atoms with Crippen LogP contribution < -0.4 is 5.73 Å². The average molecular weight is 834 g/mol. The molecule has 2 saturated carbocycles. The summed E-state index contributed by atoms with van der Waals surface area (Å²) in [5.74, 6) is 0.396. The Bertz CT molecular complexity index is 1760. The topological polar surface area (TPSA) is 319 Å². The number of urea groups is 2. The van der Waals surface area contributed by atoms with Crippen LogP contribution in [0.25, 0.3) is 0 Å². The predicted molar refractivity (Wildman–Crippen MR) is 184 cm³/mol. The number of nitrogens with two attached hydrogens (primary N) is 1. The molecule has 300 valence electrons. The number of rotatable bonds is 10. The highest BCUT2D eigenvalue weighted by Crippen LogP contribution is 2.63. The molecule has 6 heterocycles. The van der Waals surface area contributed by atoms with Crippen LogP contribution in [0.1, 0.15) is 107 Å². The molecule has 2 aromatic heterocycles. The molecule has 0 radical (unpaired) electrons. The van der Waals surface area contributed by atoms with Crippen molar-refractivity contribution < 1.29 is 63.1 Å². The average Bonchev–Trinajstić information content (AvgIpc) is 3.75. The zero-order chi connectivity index (χ0) is 36.0. The lowest BCUT2D eigenvalue weighted by molar-refractivity contribution is -0.0531. The molecule has 4 aliphatic heterocycles. The van der Waals surface area contributed by atoms with E-state index in [2.05, 4.69) is 29.0 Å². The van der Waals surface area contributed by atoms with Gasteiger partial charge in [0.2, 0.25) is 23.6 Å². The number of carbonyl (C=O) groups excluding carboxylic acids is 2. The summed E-state index contributed by atoms with van der Waals surface area (Å²) in [4.78, 5) is 27.9. The molecule has 6 atom stereocenters. The number of hydrogen-bond donors (Lipinski definition) is 5. The number of aliphatic hydroxyl groups is 2.